The molecule has 0 bridgehead atoms. The molecule has 3 aromatic rings. The number of aromatic amines is 1. The van der Waals surface area contributed by atoms with Crippen LogP contribution in [0.15, 0.2) is 36.8 Å². The molecule has 9 heteroatoms. The molecule has 2 aromatic heterocycles. The molecule has 0 spiro atoms. The van der Waals surface area contributed by atoms with Crippen molar-refractivity contribution in [2.45, 2.75) is 13.0 Å². The second-order valence-corrected chi connectivity index (χ2v) is 5.34. The van der Waals surface area contributed by atoms with Gasteiger partial charge in [0.2, 0.25) is 18.5 Å². The molecular weight excluding hydrogens is 324 g/mol. The first kappa shape index (κ1) is 15.1. The van der Waals surface area contributed by atoms with Gasteiger partial charge in [-0.3, -0.25) is 14.9 Å². The minimum absolute atomic E-state index is 0.128. The Labute approximate surface area is 142 Å². The third-order valence-corrected chi connectivity index (χ3v) is 3.58. The lowest BCUT2D eigenvalue weighted by molar-refractivity contribution is -0.120. The topological polar surface area (TPSA) is 115 Å². The minimum atomic E-state index is -0.128. The number of nitrogens with one attached hydrogen (secondary N) is 2. The molecule has 2 N–H and O–H groups in total. The van der Waals surface area contributed by atoms with E-state index in [1.165, 1.54) is 0 Å². The number of hydrogen-bond donors (Lipinski definition) is 2. The van der Waals surface area contributed by atoms with Gasteiger partial charge in [0.1, 0.15) is 11.5 Å². The zero-order chi connectivity index (χ0) is 17.1. The highest BCUT2D eigenvalue weighted by Gasteiger charge is 2.14. The summed E-state index contributed by atoms with van der Waals surface area (Å²) in [5, 5.41) is 9.64. The Kier molecular flexibility index (Phi) is 3.95. The van der Waals surface area contributed by atoms with Gasteiger partial charge in [-0.15, -0.1) is 0 Å². The Balaban J connectivity index is 1.34. The fourth-order valence-electron chi connectivity index (χ4n) is 2.38. The number of fused-ring (bicyclic) bond motifs is 1. The highest BCUT2D eigenvalue weighted by Crippen LogP contribution is 2.32. The van der Waals surface area contributed by atoms with Crippen molar-refractivity contribution in [1.82, 2.24) is 30.5 Å². The van der Waals surface area contributed by atoms with E-state index >= 15 is 0 Å². The van der Waals surface area contributed by atoms with Gasteiger partial charge >= 0.3 is 0 Å². The number of nitrogens with zero attached hydrogens (tertiary/aromatic N) is 4. The van der Waals surface area contributed by atoms with Crippen LogP contribution in [0.1, 0.15) is 11.4 Å². The first-order valence-corrected chi connectivity index (χ1v) is 7.61. The molecule has 0 aliphatic carbocycles. The quantitative estimate of drug-likeness (QED) is 0.708. The molecule has 3 heterocycles. The second-order valence-electron chi connectivity index (χ2n) is 5.34. The van der Waals surface area contributed by atoms with E-state index in [-0.39, 0.29) is 25.7 Å². The van der Waals surface area contributed by atoms with Crippen molar-refractivity contribution in [3.05, 3.63) is 48.2 Å². The van der Waals surface area contributed by atoms with Gasteiger partial charge in [-0.2, -0.15) is 5.10 Å². The van der Waals surface area contributed by atoms with E-state index in [0.717, 1.165) is 5.56 Å². The van der Waals surface area contributed by atoms with E-state index in [9.17, 15) is 4.79 Å². The third kappa shape index (κ3) is 3.39. The van der Waals surface area contributed by atoms with E-state index in [1.807, 2.05) is 12.1 Å². The zero-order valence-corrected chi connectivity index (χ0v) is 13.1. The first-order valence-electron chi connectivity index (χ1n) is 7.61. The van der Waals surface area contributed by atoms with Gasteiger partial charge < -0.3 is 14.8 Å². The van der Waals surface area contributed by atoms with Crippen LogP contribution >= 0.6 is 0 Å². The lowest BCUT2D eigenvalue weighted by Crippen LogP contribution is -2.25. The molecule has 0 atom stereocenters. The number of ether oxygens (including phenoxy) is 2. The van der Waals surface area contributed by atoms with Crippen LogP contribution in [0.25, 0.3) is 11.5 Å². The van der Waals surface area contributed by atoms with Crippen molar-refractivity contribution in [2.24, 2.45) is 0 Å². The maximum Gasteiger partial charge on any atom is 0.231 e. The number of hydrogen-bond acceptors (Lipinski definition) is 7. The van der Waals surface area contributed by atoms with Gasteiger partial charge in [-0.05, 0) is 17.7 Å². The molecule has 1 aliphatic heterocycles. The summed E-state index contributed by atoms with van der Waals surface area (Å²) < 4.78 is 10.6. The van der Waals surface area contributed by atoms with Crippen molar-refractivity contribution < 1.29 is 14.3 Å². The number of amides is 1. The van der Waals surface area contributed by atoms with E-state index in [2.05, 4.69) is 30.5 Å². The van der Waals surface area contributed by atoms with Crippen LogP contribution in [-0.4, -0.2) is 37.8 Å². The number of benzene rings is 1. The summed E-state index contributed by atoms with van der Waals surface area (Å²) in [6, 6.07) is 5.45. The van der Waals surface area contributed by atoms with Gasteiger partial charge in [0.15, 0.2) is 11.5 Å². The van der Waals surface area contributed by atoms with Gasteiger partial charge in [0.05, 0.1) is 19.2 Å². The summed E-state index contributed by atoms with van der Waals surface area (Å²) in [6.45, 7) is 0.460. The number of carbonyl (C=O) groups excluding carboxylic acids is 1. The maximum atomic E-state index is 12.1. The summed E-state index contributed by atoms with van der Waals surface area (Å²) in [4.78, 5) is 24.5. The molecule has 1 amide bonds. The molecule has 0 unspecified atom stereocenters. The Bertz CT molecular complexity index is 896. The van der Waals surface area contributed by atoms with Crippen molar-refractivity contribution in [3.63, 3.8) is 0 Å². The smallest absolute Gasteiger partial charge is 0.231 e. The van der Waals surface area contributed by atoms with E-state index in [4.69, 9.17) is 9.47 Å². The lowest BCUT2D eigenvalue weighted by atomic mass is 10.1. The standard InChI is InChI=1S/C16H14N6O3/c23-15(6-10-1-2-12-13(5-10)25-9-24-12)19-8-14-20-16(22-21-14)11-7-17-3-4-18-11/h1-5,7H,6,8-9H2,(H,19,23)(H,20,21,22). The fourth-order valence-corrected chi connectivity index (χ4v) is 2.38. The normalized spacial score (nSPS) is 12.2. The average molecular weight is 338 g/mol. The fraction of sp³-hybridized carbons (Fsp3) is 0.188. The predicted molar refractivity (Wildman–Crippen MR) is 85.5 cm³/mol. The van der Waals surface area contributed by atoms with Gasteiger partial charge in [-0.1, -0.05) is 6.07 Å². The molecule has 9 nitrogen and oxygen atoms in total. The molecular formula is C16H14N6O3. The van der Waals surface area contributed by atoms with Crippen molar-refractivity contribution in [3.8, 4) is 23.0 Å². The molecule has 1 aliphatic rings. The summed E-state index contributed by atoms with van der Waals surface area (Å²) in [6.07, 6.45) is 4.96. The van der Waals surface area contributed by atoms with Crippen LogP contribution in [-0.2, 0) is 17.8 Å². The monoisotopic (exact) mass is 338 g/mol. The third-order valence-electron chi connectivity index (χ3n) is 3.58. The summed E-state index contributed by atoms with van der Waals surface area (Å²) in [5.74, 6) is 2.21. The van der Waals surface area contributed by atoms with Gasteiger partial charge in [-0.25, -0.2) is 9.97 Å². The number of carbonyl (C=O) groups is 1. The van der Waals surface area contributed by atoms with Crippen LogP contribution in [0.4, 0.5) is 0 Å². The number of rotatable bonds is 5. The van der Waals surface area contributed by atoms with Crippen LogP contribution in [0.2, 0.25) is 0 Å². The minimum Gasteiger partial charge on any atom is -0.454 e. The molecule has 126 valence electrons. The van der Waals surface area contributed by atoms with Crippen LogP contribution in [0.3, 0.4) is 0 Å². The molecule has 1 aromatic carbocycles. The van der Waals surface area contributed by atoms with E-state index in [0.29, 0.717) is 28.8 Å². The average Bonchev–Trinajstić information content (AvgIpc) is 3.30. The Morgan fingerprint density at radius 3 is 3.04 bits per heavy atom. The molecule has 0 fully saturated rings. The molecule has 0 radical (unpaired) electrons. The molecule has 25 heavy (non-hydrogen) atoms. The highest BCUT2D eigenvalue weighted by molar-refractivity contribution is 5.78. The Morgan fingerprint density at radius 2 is 2.16 bits per heavy atom. The number of aromatic nitrogens is 5. The number of H-pyrrole nitrogens is 1. The summed E-state index contributed by atoms with van der Waals surface area (Å²) in [7, 11) is 0. The van der Waals surface area contributed by atoms with Gasteiger partial charge in [0, 0.05) is 12.4 Å². The largest absolute Gasteiger partial charge is 0.454 e. The Morgan fingerprint density at radius 1 is 1.24 bits per heavy atom. The van der Waals surface area contributed by atoms with Crippen LogP contribution in [0.5, 0.6) is 11.5 Å². The second kappa shape index (κ2) is 6.56. The highest BCUT2D eigenvalue weighted by atomic mass is 16.7. The van der Waals surface area contributed by atoms with Crippen molar-refractivity contribution in [2.75, 3.05) is 6.79 Å². The molecule has 0 saturated heterocycles. The van der Waals surface area contributed by atoms with Gasteiger partial charge in [0.25, 0.3) is 0 Å². The van der Waals surface area contributed by atoms with E-state index in [1.54, 1.807) is 24.7 Å². The van der Waals surface area contributed by atoms with Crippen molar-refractivity contribution >= 4 is 5.91 Å². The zero-order valence-electron chi connectivity index (χ0n) is 13.1. The predicted octanol–water partition coefficient (Wildman–Crippen LogP) is 0.849. The molecule has 4 rings (SSSR count). The van der Waals surface area contributed by atoms with Crippen molar-refractivity contribution in [1.29, 1.82) is 0 Å². The SMILES string of the molecule is O=C(Cc1ccc2c(c1)OCO2)NCc1nc(-c2cnccn2)n[nH]1. The summed E-state index contributed by atoms with van der Waals surface area (Å²) in [5.41, 5.74) is 1.41. The molecule has 0 saturated carbocycles. The van der Waals surface area contributed by atoms with Crippen LogP contribution < -0.4 is 14.8 Å². The van der Waals surface area contributed by atoms with Crippen LogP contribution in [0, 0.1) is 0 Å². The summed E-state index contributed by atoms with van der Waals surface area (Å²) >= 11 is 0. The Hall–Kier alpha value is -3.49. The van der Waals surface area contributed by atoms with E-state index < -0.39 is 0 Å². The lowest BCUT2D eigenvalue weighted by Gasteiger charge is -2.04. The first-order chi connectivity index (χ1) is 12.3. The maximum absolute atomic E-state index is 12.1.